The molecule has 0 bridgehead atoms. The summed E-state index contributed by atoms with van der Waals surface area (Å²) in [5.41, 5.74) is 0.672. The second-order valence-corrected chi connectivity index (χ2v) is 4.24. The lowest BCUT2D eigenvalue weighted by Crippen LogP contribution is -2.09. The molecule has 0 saturated carbocycles. The Bertz CT molecular complexity index is 378. The van der Waals surface area contributed by atoms with Crippen molar-refractivity contribution in [2.45, 2.75) is 12.5 Å². The van der Waals surface area contributed by atoms with Gasteiger partial charge < -0.3 is 14.6 Å². The van der Waals surface area contributed by atoms with Crippen molar-refractivity contribution in [3.8, 4) is 5.75 Å². The van der Waals surface area contributed by atoms with Gasteiger partial charge in [0.2, 0.25) is 0 Å². The minimum atomic E-state index is -0.866. The molecule has 0 spiro atoms. The van der Waals surface area contributed by atoms with Gasteiger partial charge in [0.25, 0.3) is 0 Å². The van der Waals surface area contributed by atoms with Crippen molar-refractivity contribution in [1.29, 1.82) is 0 Å². The van der Waals surface area contributed by atoms with Crippen LogP contribution in [0.5, 0.6) is 5.75 Å². The summed E-state index contributed by atoms with van der Waals surface area (Å²) in [6.07, 6.45) is -0.922. The van der Waals surface area contributed by atoms with E-state index in [4.69, 9.17) is 4.74 Å². The Kier molecular flexibility index (Phi) is 5.01. The second-order valence-electron chi connectivity index (χ2n) is 3.16. The Labute approximate surface area is 108 Å². The number of esters is 1. The first-order valence-electron chi connectivity index (χ1n) is 4.67. The third-order valence-corrected chi connectivity index (χ3v) is 3.31. The zero-order valence-corrected chi connectivity index (χ0v) is 11.2. The maximum Gasteiger partial charge on any atom is 0.308 e. The van der Waals surface area contributed by atoms with Gasteiger partial charge in [-0.3, -0.25) is 4.79 Å². The Balaban J connectivity index is 2.91. The number of benzene rings is 1. The van der Waals surface area contributed by atoms with Crippen LogP contribution in [-0.4, -0.2) is 25.3 Å². The number of ether oxygens (including phenoxy) is 2. The number of carbonyl (C=O) groups is 1. The van der Waals surface area contributed by atoms with Crippen molar-refractivity contribution in [3.05, 3.63) is 27.3 Å². The van der Waals surface area contributed by atoms with Crippen molar-refractivity contribution in [2.24, 2.45) is 0 Å². The van der Waals surface area contributed by atoms with E-state index in [1.165, 1.54) is 7.11 Å². The van der Waals surface area contributed by atoms with Gasteiger partial charge in [0.15, 0.2) is 0 Å². The predicted octanol–water partition coefficient (Wildman–Crippen LogP) is 1.90. The molecular weight excluding hydrogens is 323 g/mol. The van der Waals surface area contributed by atoms with Gasteiger partial charge in [0, 0.05) is 0 Å². The summed E-state index contributed by atoms with van der Waals surface area (Å²) >= 11 is 2.08. The number of rotatable bonds is 4. The average molecular weight is 336 g/mol. The standard InChI is InChI=1S/C11H13IO4/c1-15-9-5-3-4-7(11(9)12)8(13)6-10(14)16-2/h3-5,8,13H,6H2,1-2H3. The third-order valence-electron chi connectivity index (χ3n) is 2.16. The van der Waals surface area contributed by atoms with Crippen LogP contribution in [0.1, 0.15) is 18.1 Å². The lowest BCUT2D eigenvalue weighted by Gasteiger charge is -2.13. The van der Waals surface area contributed by atoms with Crippen LogP contribution in [0.25, 0.3) is 0 Å². The number of aliphatic hydroxyl groups is 1. The van der Waals surface area contributed by atoms with Gasteiger partial charge >= 0.3 is 5.97 Å². The van der Waals surface area contributed by atoms with E-state index in [0.717, 1.165) is 3.57 Å². The van der Waals surface area contributed by atoms with Gasteiger partial charge in [-0.2, -0.15) is 0 Å². The molecule has 1 aromatic carbocycles. The van der Waals surface area contributed by atoms with Gasteiger partial charge in [0.05, 0.1) is 30.3 Å². The summed E-state index contributed by atoms with van der Waals surface area (Å²) in [5, 5.41) is 9.86. The number of aliphatic hydroxyl groups excluding tert-OH is 1. The largest absolute Gasteiger partial charge is 0.496 e. The monoisotopic (exact) mass is 336 g/mol. The maximum atomic E-state index is 11.0. The van der Waals surface area contributed by atoms with Crippen molar-refractivity contribution in [1.82, 2.24) is 0 Å². The number of halogens is 1. The molecule has 0 aliphatic heterocycles. The molecule has 0 amide bonds. The van der Waals surface area contributed by atoms with Crippen LogP contribution < -0.4 is 4.74 Å². The number of carbonyl (C=O) groups excluding carboxylic acids is 1. The first-order chi connectivity index (χ1) is 7.60. The van der Waals surface area contributed by atoms with Crippen molar-refractivity contribution < 1.29 is 19.4 Å². The Morgan fingerprint density at radius 1 is 1.50 bits per heavy atom. The van der Waals surface area contributed by atoms with E-state index in [1.807, 2.05) is 0 Å². The highest BCUT2D eigenvalue weighted by Gasteiger charge is 2.17. The second kappa shape index (κ2) is 6.05. The molecule has 0 saturated heterocycles. The molecule has 0 aromatic heterocycles. The molecule has 88 valence electrons. The van der Waals surface area contributed by atoms with Crippen molar-refractivity contribution in [3.63, 3.8) is 0 Å². The van der Waals surface area contributed by atoms with Crippen LogP contribution in [0.3, 0.4) is 0 Å². The van der Waals surface area contributed by atoms with Crippen LogP contribution in [0.4, 0.5) is 0 Å². The number of methoxy groups -OCH3 is 2. The zero-order valence-electron chi connectivity index (χ0n) is 9.07. The molecular formula is C11H13IO4. The molecule has 0 heterocycles. The van der Waals surface area contributed by atoms with E-state index in [0.29, 0.717) is 11.3 Å². The molecule has 4 nitrogen and oxygen atoms in total. The molecule has 1 N–H and O–H groups in total. The van der Waals surface area contributed by atoms with Gasteiger partial charge in [-0.1, -0.05) is 12.1 Å². The van der Waals surface area contributed by atoms with E-state index in [-0.39, 0.29) is 6.42 Å². The molecule has 1 unspecified atom stereocenters. The molecule has 16 heavy (non-hydrogen) atoms. The van der Waals surface area contributed by atoms with Crippen LogP contribution in [0, 0.1) is 3.57 Å². The van der Waals surface area contributed by atoms with Gasteiger partial charge in [-0.25, -0.2) is 0 Å². The third kappa shape index (κ3) is 3.08. The van der Waals surface area contributed by atoms with E-state index >= 15 is 0 Å². The van der Waals surface area contributed by atoms with E-state index in [1.54, 1.807) is 25.3 Å². The topological polar surface area (TPSA) is 55.8 Å². The normalized spacial score (nSPS) is 12.0. The predicted molar refractivity (Wildman–Crippen MR) is 67.3 cm³/mol. The molecule has 5 heteroatoms. The lowest BCUT2D eigenvalue weighted by molar-refractivity contribution is -0.142. The fraction of sp³-hybridized carbons (Fsp3) is 0.364. The first-order valence-corrected chi connectivity index (χ1v) is 5.75. The minimum absolute atomic E-state index is 0.0559. The lowest BCUT2D eigenvalue weighted by atomic mass is 10.1. The van der Waals surface area contributed by atoms with Gasteiger partial charge in [-0.15, -0.1) is 0 Å². The quantitative estimate of drug-likeness (QED) is 0.674. The fourth-order valence-corrected chi connectivity index (χ4v) is 2.23. The molecule has 0 aliphatic rings. The maximum absolute atomic E-state index is 11.0. The number of hydrogen-bond acceptors (Lipinski definition) is 4. The average Bonchev–Trinajstić information content (AvgIpc) is 2.29. The summed E-state index contributed by atoms with van der Waals surface area (Å²) in [6.45, 7) is 0. The highest BCUT2D eigenvalue weighted by atomic mass is 127. The van der Waals surface area contributed by atoms with Gasteiger partial charge in [-0.05, 0) is 34.2 Å². The van der Waals surface area contributed by atoms with Crippen LogP contribution in [-0.2, 0) is 9.53 Å². The summed E-state index contributed by atoms with van der Waals surface area (Å²) in [7, 11) is 2.86. The van der Waals surface area contributed by atoms with Gasteiger partial charge in [0.1, 0.15) is 5.75 Å². The van der Waals surface area contributed by atoms with Crippen molar-refractivity contribution >= 4 is 28.6 Å². The summed E-state index contributed by atoms with van der Waals surface area (Å²) in [5.74, 6) is 0.244. The number of hydrogen-bond donors (Lipinski definition) is 1. The molecule has 1 aromatic rings. The Morgan fingerprint density at radius 2 is 2.19 bits per heavy atom. The summed E-state index contributed by atoms with van der Waals surface area (Å²) < 4.78 is 10.4. The molecule has 1 rings (SSSR count). The fourth-order valence-electron chi connectivity index (χ4n) is 1.29. The smallest absolute Gasteiger partial charge is 0.308 e. The first kappa shape index (κ1) is 13.2. The summed E-state index contributed by atoms with van der Waals surface area (Å²) in [6, 6.07) is 5.34. The minimum Gasteiger partial charge on any atom is -0.496 e. The Morgan fingerprint density at radius 3 is 2.75 bits per heavy atom. The zero-order chi connectivity index (χ0) is 12.1. The van der Waals surface area contributed by atoms with Crippen molar-refractivity contribution in [2.75, 3.05) is 14.2 Å². The SMILES string of the molecule is COC(=O)CC(O)c1cccc(OC)c1I. The van der Waals surface area contributed by atoms with Crippen LogP contribution >= 0.6 is 22.6 Å². The highest BCUT2D eigenvalue weighted by molar-refractivity contribution is 14.1. The molecule has 0 aliphatic carbocycles. The van der Waals surface area contributed by atoms with Crippen LogP contribution in [0.15, 0.2) is 18.2 Å². The molecule has 1 atom stereocenters. The summed E-state index contributed by atoms with van der Waals surface area (Å²) in [4.78, 5) is 11.0. The molecule has 0 radical (unpaired) electrons. The van der Waals surface area contributed by atoms with E-state index in [9.17, 15) is 9.90 Å². The van der Waals surface area contributed by atoms with E-state index in [2.05, 4.69) is 27.3 Å². The van der Waals surface area contributed by atoms with E-state index < -0.39 is 12.1 Å². The van der Waals surface area contributed by atoms with Crippen LogP contribution in [0.2, 0.25) is 0 Å². The molecule has 0 fully saturated rings. The highest BCUT2D eigenvalue weighted by Crippen LogP contribution is 2.29. The Hall–Kier alpha value is -0.820.